The predicted molar refractivity (Wildman–Crippen MR) is 112 cm³/mol. The molecule has 1 aromatic heterocycles. The Bertz CT molecular complexity index is 1160. The molecule has 1 atom stereocenters. The number of Topliss-reactive ketones (excluding diaryl/α,β-unsaturated/α-hetero) is 1. The van der Waals surface area contributed by atoms with Gasteiger partial charge >= 0.3 is 5.97 Å². The van der Waals surface area contributed by atoms with Gasteiger partial charge in [-0.05, 0) is 59.3 Å². The van der Waals surface area contributed by atoms with Crippen molar-refractivity contribution in [1.82, 2.24) is 20.2 Å². The van der Waals surface area contributed by atoms with E-state index in [-0.39, 0.29) is 23.0 Å². The first kappa shape index (κ1) is 20.5. The summed E-state index contributed by atoms with van der Waals surface area (Å²) in [7, 11) is 1.24. The number of anilines is 1. The second kappa shape index (κ2) is 8.57. The third-order valence-electron chi connectivity index (χ3n) is 4.76. The lowest BCUT2D eigenvalue weighted by atomic mass is 9.89. The molecular weight excluding hydrogens is 422 g/mol. The first-order valence-corrected chi connectivity index (χ1v) is 9.81. The fourth-order valence-electron chi connectivity index (χ4n) is 3.37. The number of fused-ring (bicyclic) bond motifs is 1. The Morgan fingerprint density at radius 2 is 1.84 bits per heavy atom. The number of carbonyl (C=O) groups excluding carboxylic acids is 2. The number of carbonyl (C=O) groups is 2. The maximum atomic E-state index is 13.6. The number of tetrazole rings is 1. The van der Waals surface area contributed by atoms with Crippen LogP contribution in [0.25, 0.3) is 0 Å². The van der Waals surface area contributed by atoms with Gasteiger partial charge in [-0.3, -0.25) is 4.79 Å². The fraction of sp³-hybridized carbons (Fsp3) is 0.190. The molecule has 0 saturated carbocycles. The van der Waals surface area contributed by atoms with Crippen molar-refractivity contribution < 1.29 is 19.1 Å². The minimum Gasteiger partial charge on any atom is -0.494 e. The number of benzene rings is 2. The average molecular weight is 440 g/mol. The highest BCUT2D eigenvalue weighted by Gasteiger charge is 2.38. The van der Waals surface area contributed by atoms with Crippen LogP contribution in [0.5, 0.6) is 5.75 Å². The maximum absolute atomic E-state index is 13.6. The van der Waals surface area contributed by atoms with Gasteiger partial charge in [0.05, 0.1) is 19.3 Å². The summed E-state index contributed by atoms with van der Waals surface area (Å²) in [6.07, 6.45) is 0. The van der Waals surface area contributed by atoms with Crippen LogP contribution in [-0.2, 0) is 9.53 Å². The lowest BCUT2D eigenvalue weighted by molar-refractivity contribution is -0.136. The summed E-state index contributed by atoms with van der Waals surface area (Å²) >= 11 is 5.97. The van der Waals surface area contributed by atoms with Crippen molar-refractivity contribution in [2.45, 2.75) is 13.0 Å². The normalized spacial score (nSPS) is 15.1. The van der Waals surface area contributed by atoms with Crippen LogP contribution in [0, 0.1) is 0 Å². The highest BCUT2D eigenvalue weighted by Crippen LogP contribution is 2.37. The second-order valence-electron chi connectivity index (χ2n) is 6.59. The molecule has 10 heteroatoms. The smallest absolute Gasteiger partial charge is 0.355 e. The number of methoxy groups -OCH3 is 1. The number of ketones is 1. The lowest BCUT2D eigenvalue weighted by Crippen LogP contribution is -2.32. The van der Waals surface area contributed by atoms with Gasteiger partial charge in [0.1, 0.15) is 17.5 Å². The van der Waals surface area contributed by atoms with Gasteiger partial charge in [-0.15, -0.1) is 0 Å². The zero-order valence-corrected chi connectivity index (χ0v) is 17.5. The highest BCUT2D eigenvalue weighted by molar-refractivity contribution is 6.30. The third kappa shape index (κ3) is 3.87. The largest absolute Gasteiger partial charge is 0.494 e. The molecule has 0 fully saturated rings. The number of nitrogens with zero attached hydrogens (tertiary/aromatic N) is 4. The van der Waals surface area contributed by atoms with Crippen LogP contribution in [0.3, 0.4) is 0 Å². The summed E-state index contributed by atoms with van der Waals surface area (Å²) in [6, 6.07) is 12.8. The first-order chi connectivity index (χ1) is 15.0. The molecule has 158 valence electrons. The Morgan fingerprint density at radius 3 is 2.48 bits per heavy atom. The molecule has 2 heterocycles. The highest BCUT2D eigenvalue weighted by atomic mass is 35.5. The summed E-state index contributed by atoms with van der Waals surface area (Å²) < 4.78 is 11.9. The van der Waals surface area contributed by atoms with Crippen LogP contribution in [0.4, 0.5) is 5.95 Å². The number of aromatic nitrogens is 4. The van der Waals surface area contributed by atoms with Gasteiger partial charge in [-0.2, -0.15) is 4.68 Å². The molecule has 0 radical (unpaired) electrons. The monoisotopic (exact) mass is 439 g/mol. The summed E-state index contributed by atoms with van der Waals surface area (Å²) in [5.74, 6) is -0.195. The van der Waals surface area contributed by atoms with Gasteiger partial charge in [-0.1, -0.05) is 28.8 Å². The van der Waals surface area contributed by atoms with Crippen LogP contribution in [0.2, 0.25) is 5.02 Å². The van der Waals surface area contributed by atoms with E-state index < -0.39 is 12.0 Å². The van der Waals surface area contributed by atoms with Gasteiger partial charge < -0.3 is 14.8 Å². The number of nitrogens with one attached hydrogen (secondary N) is 1. The summed E-state index contributed by atoms with van der Waals surface area (Å²) in [4.78, 5) is 26.2. The topological polar surface area (TPSA) is 108 Å². The van der Waals surface area contributed by atoms with E-state index in [1.165, 1.54) is 11.8 Å². The number of rotatable bonds is 6. The number of esters is 1. The van der Waals surface area contributed by atoms with Crippen LogP contribution < -0.4 is 10.1 Å². The zero-order chi connectivity index (χ0) is 22.0. The molecule has 3 aromatic rings. The van der Waals surface area contributed by atoms with Crippen molar-refractivity contribution in [3.63, 3.8) is 0 Å². The van der Waals surface area contributed by atoms with Gasteiger partial charge in [0, 0.05) is 10.6 Å². The molecule has 9 nitrogen and oxygen atoms in total. The van der Waals surface area contributed by atoms with E-state index >= 15 is 0 Å². The van der Waals surface area contributed by atoms with E-state index in [9.17, 15) is 9.59 Å². The maximum Gasteiger partial charge on any atom is 0.355 e. The Labute approximate surface area is 182 Å². The third-order valence-corrected chi connectivity index (χ3v) is 5.02. The van der Waals surface area contributed by atoms with Crippen molar-refractivity contribution in [2.24, 2.45) is 0 Å². The van der Waals surface area contributed by atoms with Crippen molar-refractivity contribution >= 4 is 29.3 Å². The van der Waals surface area contributed by atoms with E-state index in [4.69, 9.17) is 21.1 Å². The van der Waals surface area contributed by atoms with Crippen molar-refractivity contribution in [3.8, 4) is 5.75 Å². The molecule has 1 aliphatic heterocycles. The molecule has 4 rings (SSSR count). The standard InChI is InChI=1S/C21H18ClN5O4/c1-3-31-15-10-6-12(7-11-15)18-16(19(28)13-4-8-14(22)9-5-13)17(20(29)30-2)23-21-24-25-26-27(18)21/h4-11,18H,3H2,1-2H3,(H,23,24,26)/t18-/m0/s1. The van der Waals surface area contributed by atoms with Crippen LogP contribution >= 0.6 is 11.6 Å². The van der Waals surface area contributed by atoms with Crippen LogP contribution in [0.15, 0.2) is 59.8 Å². The van der Waals surface area contributed by atoms with Gasteiger partial charge in [0.2, 0.25) is 5.95 Å². The molecule has 1 aliphatic rings. The zero-order valence-electron chi connectivity index (χ0n) is 16.7. The fourth-order valence-corrected chi connectivity index (χ4v) is 3.49. The molecule has 0 aliphatic carbocycles. The Balaban J connectivity index is 1.89. The van der Waals surface area contributed by atoms with Gasteiger partial charge in [-0.25, -0.2) is 4.79 Å². The number of allylic oxidation sites excluding steroid dienone is 1. The minimum atomic E-state index is -0.765. The Kier molecular flexibility index (Phi) is 5.68. The van der Waals surface area contributed by atoms with Crippen LogP contribution in [0.1, 0.15) is 28.9 Å². The van der Waals surface area contributed by atoms with E-state index in [1.807, 2.05) is 6.92 Å². The molecule has 0 saturated heterocycles. The van der Waals surface area contributed by atoms with Gasteiger partial charge in [0.25, 0.3) is 0 Å². The van der Waals surface area contributed by atoms with Crippen LogP contribution in [-0.4, -0.2) is 45.7 Å². The molecule has 0 bridgehead atoms. The molecule has 31 heavy (non-hydrogen) atoms. The van der Waals surface area contributed by atoms with E-state index in [0.29, 0.717) is 28.5 Å². The first-order valence-electron chi connectivity index (χ1n) is 9.44. The quantitative estimate of drug-likeness (QED) is 0.461. The molecule has 0 unspecified atom stereocenters. The van der Waals surface area contributed by atoms with Crippen molar-refractivity contribution in [3.05, 3.63) is 76.0 Å². The van der Waals surface area contributed by atoms with Gasteiger partial charge in [0.15, 0.2) is 5.78 Å². The van der Waals surface area contributed by atoms with Crippen molar-refractivity contribution in [2.75, 3.05) is 19.0 Å². The molecule has 0 amide bonds. The molecule has 1 N–H and O–H groups in total. The summed E-state index contributed by atoms with van der Waals surface area (Å²) in [5.41, 5.74) is 1.18. The Hall–Kier alpha value is -3.72. The van der Waals surface area contributed by atoms with E-state index in [2.05, 4.69) is 20.8 Å². The predicted octanol–water partition coefficient (Wildman–Crippen LogP) is 3.05. The molecular formula is C21H18ClN5O4. The lowest BCUT2D eigenvalue weighted by Gasteiger charge is -2.28. The number of hydrogen-bond donors (Lipinski definition) is 1. The summed E-state index contributed by atoms with van der Waals surface area (Å²) in [5, 5.41) is 15.0. The Morgan fingerprint density at radius 1 is 1.13 bits per heavy atom. The number of ether oxygens (including phenoxy) is 2. The molecule has 2 aromatic carbocycles. The average Bonchev–Trinajstić information content (AvgIpc) is 3.26. The minimum absolute atomic E-state index is 0.0244. The van der Waals surface area contributed by atoms with Crippen molar-refractivity contribution in [1.29, 1.82) is 0 Å². The summed E-state index contributed by atoms with van der Waals surface area (Å²) in [6.45, 7) is 2.42. The number of hydrogen-bond acceptors (Lipinski definition) is 8. The number of halogens is 1. The SMILES string of the molecule is CCOc1ccc([C@H]2C(C(=O)c3ccc(Cl)cc3)=C(C(=O)OC)Nc3nnnn32)cc1. The van der Waals surface area contributed by atoms with E-state index in [1.54, 1.807) is 48.5 Å². The van der Waals surface area contributed by atoms with E-state index in [0.717, 1.165) is 0 Å². The molecule has 0 spiro atoms. The second-order valence-corrected chi connectivity index (χ2v) is 7.03.